The average Bonchev–Trinajstić information content (AvgIpc) is 2.94. The zero-order chi connectivity index (χ0) is 27.9. The van der Waals surface area contributed by atoms with Crippen molar-refractivity contribution < 1.29 is 18.0 Å². The lowest BCUT2D eigenvalue weighted by atomic mass is 9.87. The third-order valence-electron chi connectivity index (χ3n) is 7.62. The molecule has 8 nitrogen and oxygen atoms in total. The van der Waals surface area contributed by atoms with Gasteiger partial charge in [0, 0.05) is 36.1 Å². The number of fused-ring (bicyclic) bond motifs is 1. The summed E-state index contributed by atoms with van der Waals surface area (Å²) in [5.41, 5.74) is 6.51. The smallest absolute Gasteiger partial charge is 0.254 e. The highest BCUT2D eigenvalue weighted by Gasteiger charge is 2.53. The number of hydrogen-bond acceptors (Lipinski definition) is 5. The minimum atomic E-state index is -4.02. The largest absolute Gasteiger partial charge is 0.368 e. The molecule has 2 unspecified atom stereocenters. The van der Waals surface area contributed by atoms with Gasteiger partial charge in [-0.05, 0) is 84.3 Å². The molecule has 3 aromatic carbocycles. The standard InChI is InChI=1S/C29H27ClN4O4S/c1-19-29(2,28(31)36)33(27(35)22-5-3-20(4-6-22)21-11-13-32-14-12-21)15-16-34(19)39(37,38)26-10-8-23-17-25(30)9-7-24(23)18-26/h3-14,17-19H,15-16H2,1-2H3,(H2,31,36). The Morgan fingerprint density at radius 3 is 2.21 bits per heavy atom. The third-order valence-corrected chi connectivity index (χ3v) is 9.82. The van der Waals surface area contributed by atoms with Crippen LogP contribution in [0.25, 0.3) is 21.9 Å². The number of benzene rings is 3. The van der Waals surface area contributed by atoms with Crippen molar-refractivity contribution in [1.82, 2.24) is 14.2 Å². The number of sulfonamides is 1. The molecular weight excluding hydrogens is 536 g/mol. The lowest BCUT2D eigenvalue weighted by molar-refractivity contribution is -0.133. The summed E-state index contributed by atoms with van der Waals surface area (Å²) in [5, 5.41) is 2.08. The molecule has 2 N–H and O–H groups in total. The maximum absolute atomic E-state index is 13.8. The predicted octanol–water partition coefficient (Wildman–Crippen LogP) is 4.33. The Morgan fingerprint density at radius 2 is 1.54 bits per heavy atom. The quantitative estimate of drug-likeness (QED) is 0.389. The van der Waals surface area contributed by atoms with Gasteiger partial charge < -0.3 is 10.6 Å². The van der Waals surface area contributed by atoms with Crippen LogP contribution in [-0.2, 0) is 14.8 Å². The molecule has 0 saturated carbocycles. The summed E-state index contributed by atoms with van der Waals surface area (Å²) in [7, 11) is -4.02. The van der Waals surface area contributed by atoms with E-state index >= 15 is 0 Å². The fourth-order valence-corrected chi connectivity index (χ4v) is 7.02. The number of aromatic nitrogens is 1. The molecule has 1 aliphatic rings. The third kappa shape index (κ3) is 4.67. The van der Waals surface area contributed by atoms with Crippen molar-refractivity contribution in [2.24, 2.45) is 5.73 Å². The fraction of sp³-hybridized carbons (Fsp3) is 0.207. The molecule has 1 fully saturated rings. The van der Waals surface area contributed by atoms with Crippen molar-refractivity contribution in [2.45, 2.75) is 30.3 Å². The summed E-state index contributed by atoms with van der Waals surface area (Å²) in [5.74, 6) is -1.19. The van der Waals surface area contributed by atoms with E-state index in [1.54, 1.807) is 61.8 Å². The molecule has 2 heterocycles. The summed E-state index contributed by atoms with van der Waals surface area (Å²) in [6, 6.07) is 19.8. The van der Waals surface area contributed by atoms with Crippen molar-refractivity contribution in [2.75, 3.05) is 13.1 Å². The van der Waals surface area contributed by atoms with Crippen LogP contribution in [0.4, 0.5) is 0 Å². The van der Waals surface area contributed by atoms with Crippen molar-refractivity contribution in [3.63, 3.8) is 0 Å². The lowest BCUT2D eigenvalue weighted by Crippen LogP contribution is -2.72. The Morgan fingerprint density at radius 1 is 0.923 bits per heavy atom. The van der Waals surface area contributed by atoms with E-state index in [2.05, 4.69) is 4.98 Å². The van der Waals surface area contributed by atoms with Gasteiger partial charge in [-0.25, -0.2) is 8.42 Å². The van der Waals surface area contributed by atoms with Gasteiger partial charge in [0.15, 0.2) is 0 Å². The second-order valence-corrected chi connectivity index (χ2v) is 12.1. The fourth-order valence-electron chi connectivity index (χ4n) is 5.11. The molecule has 5 rings (SSSR count). The number of piperazine rings is 1. The molecule has 0 bridgehead atoms. The van der Waals surface area contributed by atoms with Crippen LogP contribution in [0.2, 0.25) is 5.02 Å². The van der Waals surface area contributed by atoms with E-state index in [4.69, 9.17) is 17.3 Å². The first-order valence-corrected chi connectivity index (χ1v) is 14.2. The number of primary amides is 1. The van der Waals surface area contributed by atoms with E-state index in [0.29, 0.717) is 10.6 Å². The first-order chi connectivity index (χ1) is 18.5. The minimum Gasteiger partial charge on any atom is -0.368 e. The Bertz CT molecular complexity index is 1680. The van der Waals surface area contributed by atoms with Crippen LogP contribution in [0, 0.1) is 0 Å². The van der Waals surface area contributed by atoms with Crippen LogP contribution in [0.3, 0.4) is 0 Å². The van der Waals surface area contributed by atoms with Gasteiger partial charge in [-0.1, -0.05) is 35.9 Å². The second kappa shape index (κ2) is 10.1. The average molecular weight is 563 g/mol. The molecule has 2 atom stereocenters. The normalized spacial score (nSPS) is 20.2. The second-order valence-electron chi connectivity index (χ2n) is 9.73. The number of halogens is 1. The summed E-state index contributed by atoms with van der Waals surface area (Å²) < 4.78 is 28.8. The van der Waals surface area contributed by atoms with Crippen molar-refractivity contribution in [1.29, 1.82) is 0 Å². The Kier molecular flexibility index (Phi) is 6.92. The molecule has 200 valence electrons. The number of nitrogens with two attached hydrogens (primary N) is 1. The molecule has 10 heteroatoms. The number of carbonyl (C=O) groups excluding carboxylic acids is 2. The summed E-state index contributed by atoms with van der Waals surface area (Å²) in [6.07, 6.45) is 3.38. The molecule has 4 aromatic rings. The van der Waals surface area contributed by atoms with E-state index < -0.39 is 33.4 Å². The number of carbonyl (C=O) groups is 2. The SMILES string of the molecule is CC1N(S(=O)(=O)c2ccc3cc(Cl)ccc3c2)CCN(C(=O)c2ccc(-c3ccncc3)cc2)C1(C)C(N)=O. The van der Waals surface area contributed by atoms with Gasteiger partial charge in [0.25, 0.3) is 5.91 Å². The highest BCUT2D eigenvalue weighted by Crippen LogP contribution is 2.34. The first kappa shape index (κ1) is 26.8. The molecular formula is C29H27ClN4O4S. The molecule has 0 radical (unpaired) electrons. The van der Waals surface area contributed by atoms with Gasteiger partial charge in [-0.3, -0.25) is 14.6 Å². The van der Waals surface area contributed by atoms with E-state index in [-0.39, 0.29) is 18.0 Å². The number of rotatable bonds is 5. The summed E-state index contributed by atoms with van der Waals surface area (Å²) in [6.45, 7) is 3.13. The first-order valence-electron chi connectivity index (χ1n) is 12.4. The van der Waals surface area contributed by atoms with Gasteiger partial charge >= 0.3 is 0 Å². The molecule has 1 aromatic heterocycles. The zero-order valence-corrected chi connectivity index (χ0v) is 23.0. The maximum atomic E-state index is 13.8. The van der Waals surface area contributed by atoms with E-state index in [9.17, 15) is 18.0 Å². The van der Waals surface area contributed by atoms with Crippen LogP contribution < -0.4 is 5.73 Å². The topological polar surface area (TPSA) is 114 Å². The Balaban J connectivity index is 1.45. The highest BCUT2D eigenvalue weighted by atomic mass is 35.5. The van der Waals surface area contributed by atoms with Crippen molar-refractivity contribution in [3.05, 3.63) is 95.8 Å². The molecule has 1 aliphatic heterocycles. The number of hydrogen-bond donors (Lipinski definition) is 1. The summed E-state index contributed by atoms with van der Waals surface area (Å²) >= 11 is 6.06. The zero-order valence-electron chi connectivity index (χ0n) is 21.4. The molecule has 0 spiro atoms. The predicted molar refractivity (Wildman–Crippen MR) is 151 cm³/mol. The number of nitrogens with zero attached hydrogens (tertiary/aromatic N) is 3. The van der Waals surface area contributed by atoms with Crippen LogP contribution in [0.5, 0.6) is 0 Å². The maximum Gasteiger partial charge on any atom is 0.254 e. The highest BCUT2D eigenvalue weighted by molar-refractivity contribution is 7.89. The number of pyridine rings is 1. The van der Waals surface area contributed by atoms with Gasteiger partial charge in [-0.15, -0.1) is 0 Å². The molecule has 1 saturated heterocycles. The Hall–Kier alpha value is -3.79. The van der Waals surface area contributed by atoms with Crippen LogP contribution in [0.1, 0.15) is 24.2 Å². The number of amides is 2. The van der Waals surface area contributed by atoms with E-state index in [1.807, 2.05) is 24.3 Å². The van der Waals surface area contributed by atoms with Gasteiger partial charge in [0.1, 0.15) is 5.54 Å². The van der Waals surface area contributed by atoms with E-state index in [0.717, 1.165) is 21.9 Å². The van der Waals surface area contributed by atoms with Gasteiger partial charge in [0.05, 0.1) is 10.9 Å². The summed E-state index contributed by atoms with van der Waals surface area (Å²) in [4.78, 5) is 32.0. The van der Waals surface area contributed by atoms with Crippen LogP contribution in [0.15, 0.2) is 90.1 Å². The van der Waals surface area contributed by atoms with Gasteiger partial charge in [0.2, 0.25) is 15.9 Å². The van der Waals surface area contributed by atoms with Gasteiger partial charge in [-0.2, -0.15) is 4.31 Å². The van der Waals surface area contributed by atoms with E-state index in [1.165, 1.54) is 22.2 Å². The Labute approximate surface area is 232 Å². The van der Waals surface area contributed by atoms with Crippen molar-refractivity contribution >= 4 is 44.2 Å². The molecule has 39 heavy (non-hydrogen) atoms. The minimum absolute atomic E-state index is 0.00284. The molecule has 0 aliphatic carbocycles. The monoisotopic (exact) mass is 562 g/mol. The van der Waals surface area contributed by atoms with Crippen LogP contribution >= 0.6 is 11.6 Å². The van der Waals surface area contributed by atoms with Crippen molar-refractivity contribution in [3.8, 4) is 11.1 Å². The van der Waals surface area contributed by atoms with Crippen LogP contribution in [-0.4, -0.2) is 59.1 Å². The lowest BCUT2D eigenvalue weighted by Gasteiger charge is -2.50. The molecule has 2 amide bonds.